The van der Waals surface area contributed by atoms with Crippen LogP contribution in [-0.4, -0.2) is 10.1 Å². The molecular weight excluding hydrogens is 182 g/mol. The number of aryl methyl sites for hydroxylation is 1. The van der Waals surface area contributed by atoms with Gasteiger partial charge in [0.05, 0.1) is 4.99 Å². The monoisotopic (exact) mass is 195 g/mol. The number of thiocarbonyl (C=S) groups is 1. The molecule has 1 aromatic carbocycles. The lowest BCUT2D eigenvalue weighted by Crippen LogP contribution is -2.09. The molecule has 0 bridgehead atoms. The Balaban J connectivity index is 2.81. The molecule has 0 amide bonds. The molecular formula is C10H13NOS. The Labute approximate surface area is 83.4 Å². The molecule has 0 atom stereocenters. The van der Waals surface area contributed by atoms with Gasteiger partial charge in [0.15, 0.2) is 0 Å². The Morgan fingerprint density at radius 1 is 1.54 bits per heavy atom. The fourth-order valence-electron chi connectivity index (χ4n) is 1.26. The molecule has 13 heavy (non-hydrogen) atoms. The topological polar surface area (TPSA) is 46.2 Å². The van der Waals surface area contributed by atoms with E-state index < -0.39 is 0 Å². The van der Waals surface area contributed by atoms with E-state index in [1.54, 1.807) is 6.07 Å². The van der Waals surface area contributed by atoms with Crippen molar-refractivity contribution in [2.45, 2.75) is 19.8 Å². The fraction of sp³-hybridized carbons (Fsp3) is 0.300. The first-order valence-electron chi connectivity index (χ1n) is 4.17. The smallest absolute Gasteiger partial charge is 0.119 e. The zero-order chi connectivity index (χ0) is 9.84. The Morgan fingerprint density at radius 3 is 2.77 bits per heavy atom. The van der Waals surface area contributed by atoms with Crippen molar-refractivity contribution in [1.29, 1.82) is 0 Å². The molecule has 0 aliphatic carbocycles. The van der Waals surface area contributed by atoms with Gasteiger partial charge < -0.3 is 10.8 Å². The third-order valence-electron chi connectivity index (χ3n) is 2.01. The van der Waals surface area contributed by atoms with Crippen molar-refractivity contribution in [2.24, 2.45) is 5.73 Å². The largest absolute Gasteiger partial charge is 0.508 e. The number of phenolic OH excluding ortho intramolecular Hbond substituents is 1. The summed E-state index contributed by atoms with van der Waals surface area (Å²) in [5, 5.41) is 9.52. The molecule has 1 rings (SSSR count). The lowest BCUT2D eigenvalue weighted by Gasteiger charge is -2.06. The predicted molar refractivity (Wildman–Crippen MR) is 58.0 cm³/mol. The van der Waals surface area contributed by atoms with Gasteiger partial charge in [-0.15, -0.1) is 0 Å². The van der Waals surface area contributed by atoms with E-state index in [9.17, 15) is 5.11 Å². The van der Waals surface area contributed by atoms with Crippen LogP contribution in [0.1, 0.15) is 17.5 Å². The second-order valence-electron chi connectivity index (χ2n) is 3.04. The maximum atomic E-state index is 9.52. The van der Waals surface area contributed by atoms with E-state index in [1.807, 2.05) is 19.1 Å². The third kappa shape index (κ3) is 2.70. The molecule has 0 aliphatic rings. The van der Waals surface area contributed by atoms with Crippen molar-refractivity contribution in [3.05, 3.63) is 29.3 Å². The minimum absolute atomic E-state index is 0.330. The summed E-state index contributed by atoms with van der Waals surface area (Å²) in [6, 6.07) is 5.48. The summed E-state index contributed by atoms with van der Waals surface area (Å²) in [5.74, 6) is 0.330. The van der Waals surface area contributed by atoms with Crippen LogP contribution in [0.4, 0.5) is 0 Å². The molecule has 0 aliphatic heterocycles. The Hall–Kier alpha value is -1.09. The minimum atomic E-state index is 0.330. The molecule has 0 aromatic heterocycles. The molecule has 0 unspecified atom stereocenters. The standard InChI is InChI=1S/C10H13NOS/c1-7-3-2-4-9(12)8(7)5-6-10(11)13/h2-4,12H,5-6H2,1H3,(H2,11,13). The predicted octanol–water partition coefficient (Wildman–Crippen LogP) is 1.92. The Kier molecular flexibility index (Phi) is 3.25. The van der Waals surface area contributed by atoms with E-state index in [1.165, 1.54) is 0 Å². The number of benzene rings is 1. The number of rotatable bonds is 3. The summed E-state index contributed by atoms with van der Waals surface area (Å²) in [4.78, 5) is 0.489. The van der Waals surface area contributed by atoms with E-state index in [2.05, 4.69) is 0 Å². The average molecular weight is 195 g/mol. The zero-order valence-corrected chi connectivity index (χ0v) is 8.40. The van der Waals surface area contributed by atoms with Gasteiger partial charge in [0.2, 0.25) is 0 Å². The quantitative estimate of drug-likeness (QED) is 0.724. The van der Waals surface area contributed by atoms with Gasteiger partial charge in [0.1, 0.15) is 5.75 Å². The fourth-order valence-corrected chi connectivity index (χ4v) is 1.36. The molecule has 3 heteroatoms. The van der Waals surface area contributed by atoms with Crippen LogP contribution >= 0.6 is 12.2 Å². The third-order valence-corrected chi connectivity index (χ3v) is 2.21. The van der Waals surface area contributed by atoms with Crippen LogP contribution < -0.4 is 5.73 Å². The van der Waals surface area contributed by atoms with E-state index in [4.69, 9.17) is 18.0 Å². The maximum Gasteiger partial charge on any atom is 0.119 e. The molecule has 0 heterocycles. The Morgan fingerprint density at radius 2 is 2.23 bits per heavy atom. The summed E-state index contributed by atoms with van der Waals surface area (Å²) < 4.78 is 0. The van der Waals surface area contributed by atoms with Crippen molar-refractivity contribution in [1.82, 2.24) is 0 Å². The van der Waals surface area contributed by atoms with Gasteiger partial charge in [0.25, 0.3) is 0 Å². The van der Waals surface area contributed by atoms with Crippen molar-refractivity contribution in [2.75, 3.05) is 0 Å². The molecule has 2 nitrogen and oxygen atoms in total. The highest BCUT2D eigenvalue weighted by Crippen LogP contribution is 2.21. The van der Waals surface area contributed by atoms with Gasteiger partial charge in [-0.25, -0.2) is 0 Å². The lowest BCUT2D eigenvalue weighted by atomic mass is 10.0. The van der Waals surface area contributed by atoms with Gasteiger partial charge in [-0.3, -0.25) is 0 Å². The maximum absolute atomic E-state index is 9.52. The van der Waals surface area contributed by atoms with Crippen LogP contribution in [0.2, 0.25) is 0 Å². The second-order valence-corrected chi connectivity index (χ2v) is 3.56. The summed E-state index contributed by atoms with van der Waals surface area (Å²) in [6.45, 7) is 1.97. The molecule has 0 spiro atoms. The highest BCUT2D eigenvalue weighted by Gasteiger charge is 2.04. The molecule has 70 valence electrons. The van der Waals surface area contributed by atoms with Crippen LogP contribution in [-0.2, 0) is 6.42 Å². The van der Waals surface area contributed by atoms with Crippen molar-refractivity contribution in [3.63, 3.8) is 0 Å². The van der Waals surface area contributed by atoms with Gasteiger partial charge in [0, 0.05) is 6.42 Å². The number of hydrogen-bond acceptors (Lipinski definition) is 2. The van der Waals surface area contributed by atoms with E-state index in [0.717, 1.165) is 11.1 Å². The van der Waals surface area contributed by atoms with Crippen LogP contribution in [0.3, 0.4) is 0 Å². The highest BCUT2D eigenvalue weighted by atomic mass is 32.1. The molecule has 0 saturated heterocycles. The number of aromatic hydroxyl groups is 1. The second kappa shape index (κ2) is 4.23. The number of nitrogens with two attached hydrogens (primary N) is 1. The van der Waals surface area contributed by atoms with Crippen LogP contribution in [0.15, 0.2) is 18.2 Å². The molecule has 3 N–H and O–H groups in total. The summed E-state index contributed by atoms with van der Waals surface area (Å²) in [6.07, 6.45) is 1.36. The summed E-state index contributed by atoms with van der Waals surface area (Å²) >= 11 is 4.78. The Bertz CT molecular complexity index is 302. The van der Waals surface area contributed by atoms with Gasteiger partial charge in [-0.1, -0.05) is 24.4 Å². The molecule has 1 aromatic rings. The van der Waals surface area contributed by atoms with Crippen molar-refractivity contribution in [3.8, 4) is 5.75 Å². The number of phenols is 1. The molecule has 0 radical (unpaired) electrons. The van der Waals surface area contributed by atoms with Crippen molar-refractivity contribution >= 4 is 17.2 Å². The van der Waals surface area contributed by atoms with E-state index in [0.29, 0.717) is 23.6 Å². The zero-order valence-electron chi connectivity index (χ0n) is 7.58. The van der Waals surface area contributed by atoms with Crippen molar-refractivity contribution < 1.29 is 5.11 Å². The first-order valence-corrected chi connectivity index (χ1v) is 4.58. The summed E-state index contributed by atoms with van der Waals surface area (Å²) in [5.41, 5.74) is 7.41. The van der Waals surface area contributed by atoms with Gasteiger partial charge >= 0.3 is 0 Å². The SMILES string of the molecule is Cc1cccc(O)c1CCC(N)=S. The van der Waals surface area contributed by atoms with E-state index >= 15 is 0 Å². The van der Waals surface area contributed by atoms with Crippen LogP contribution in [0, 0.1) is 6.92 Å². The minimum Gasteiger partial charge on any atom is -0.508 e. The normalized spacial score (nSPS) is 9.92. The first-order chi connectivity index (χ1) is 6.11. The van der Waals surface area contributed by atoms with Crippen LogP contribution in [0.25, 0.3) is 0 Å². The molecule has 0 saturated carbocycles. The number of hydrogen-bond donors (Lipinski definition) is 2. The molecule has 0 fully saturated rings. The highest BCUT2D eigenvalue weighted by molar-refractivity contribution is 7.80. The van der Waals surface area contributed by atoms with Gasteiger partial charge in [-0.2, -0.15) is 0 Å². The summed E-state index contributed by atoms with van der Waals surface area (Å²) in [7, 11) is 0. The lowest BCUT2D eigenvalue weighted by molar-refractivity contribution is 0.467. The average Bonchev–Trinajstić information content (AvgIpc) is 2.03. The van der Waals surface area contributed by atoms with E-state index in [-0.39, 0.29) is 0 Å². The first kappa shape index (κ1) is 9.99. The van der Waals surface area contributed by atoms with Crippen LogP contribution in [0.5, 0.6) is 5.75 Å². The van der Waals surface area contributed by atoms with Gasteiger partial charge in [-0.05, 0) is 30.5 Å².